The fourth-order valence-corrected chi connectivity index (χ4v) is 5.38. The van der Waals surface area contributed by atoms with E-state index in [2.05, 4.69) is 5.32 Å². The summed E-state index contributed by atoms with van der Waals surface area (Å²) in [5.41, 5.74) is 6.73. The maximum absolute atomic E-state index is 15.4. The van der Waals surface area contributed by atoms with Crippen LogP contribution in [0.3, 0.4) is 0 Å². The summed E-state index contributed by atoms with van der Waals surface area (Å²) < 4.78 is 27.9. The van der Waals surface area contributed by atoms with Gasteiger partial charge in [0, 0.05) is 31.6 Å². The molecule has 3 heterocycles. The van der Waals surface area contributed by atoms with Crippen molar-refractivity contribution < 1.29 is 23.5 Å². The standard InChI is InChI=1S/C29H34FN5O4/c1-29(2,3)39-28(37)34-15-12-18(13-16-34)21-11-14-32-25-24(21)33-35(26(25)27(31)36)23-10-9-20(17-22(23)30)38-19-7-5-4-6-8-19/h4-10,17-18,21,32H,11-16H2,1-3H3,(H2,31,36). The second-order valence-corrected chi connectivity index (χ2v) is 11.0. The highest BCUT2D eigenvalue weighted by molar-refractivity contribution is 5.98. The van der Waals surface area contributed by atoms with Gasteiger partial charge in [0.15, 0.2) is 11.5 Å². The van der Waals surface area contributed by atoms with E-state index in [1.807, 2.05) is 39.0 Å². The molecule has 0 radical (unpaired) electrons. The van der Waals surface area contributed by atoms with Crippen LogP contribution in [0.25, 0.3) is 5.69 Å². The van der Waals surface area contributed by atoms with E-state index < -0.39 is 17.3 Å². The Morgan fingerprint density at radius 1 is 1.05 bits per heavy atom. The van der Waals surface area contributed by atoms with E-state index in [0.717, 1.165) is 19.3 Å². The Morgan fingerprint density at radius 2 is 1.77 bits per heavy atom. The minimum Gasteiger partial charge on any atom is -0.457 e. The molecule has 2 aromatic carbocycles. The van der Waals surface area contributed by atoms with Crippen LogP contribution in [0.15, 0.2) is 48.5 Å². The van der Waals surface area contributed by atoms with Crippen LogP contribution in [-0.2, 0) is 4.74 Å². The molecule has 0 saturated carbocycles. The van der Waals surface area contributed by atoms with Crippen LogP contribution >= 0.6 is 0 Å². The summed E-state index contributed by atoms with van der Waals surface area (Å²) in [6.07, 6.45) is 2.07. The third-order valence-corrected chi connectivity index (χ3v) is 7.14. The van der Waals surface area contributed by atoms with Gasteiger partial charge in [-0.05, 0) is 70.2 Å². The van der Waals surface area contributed by atoms with Crippen LogP contribution in [0.1, 0.15) is 62.1 Å². The number of fused-ring (bicyclic) bond motifs is 1. The van der Waals surface area contributed by atoms with E-state index in [-0.39, 0.29) is 29.3 Å². The number of primary amides is 1. The van der Waals surface area contributed by atoms with E-state index in [4.69, 9.17) is 20.3 Å². The minimum atomic E-state index is -0.694. The number of nitrogens with zero attached hydrogens (tertiary/aromatic N) is 3. The molecule has 1 atom stereocenters. The molecule has 3 aromatic rings. The number of piperidine rings is 1. The maximum Gasteiger partial charge on any atom is 0.410 e. The first-order chi connectivity index (χ1) is 18.6. The predicted octanol–water partition coefficient (Wildman–Crippen LogP) is 5.45. The topological polar surface area (TPSA) is 112 Å². The van der Waals surface area contributed by atoms with Gasteiger partial charge in [0.2, 0.25) is 0 Å². The number of benzene rings is 2. The highest BCUT2D eigenvalue weighted by Gasteiger charge is 2.37. The lowest BCUT2D eigenvalue weighted by Crippen LogP contribution is -2.43. The van der Waals surface area contributed by atoms with Gasteiger partial charge < -0.3 is 25.4 Å². The van der Waals surface area contributed by atoms with Crippen molar-refractivity contribution in [1.82, 2.24) is 14.7 Å². The van der Waals surface area contributed by atoms with Crippen molar-refractivity contribution in [3.05, 3.63) is 65.7 Å². The van der Waals surface area contributed by atoms with Crippen molar-refractivity contribution in [2.45, 2.75) is 51.6 Å². The molecule has 2 amide bonds. The van der Waals surface area contributed by atoms with E-state index in [1.165, 1.54) is 16.8 Å². The van der Waals surface area contributed by atoms with Crippen molar-refractivity contribution in [2.24, 2.45) is 11.7 Å². The molecule has 1 fully saturated rings. The largest absolute Gasteiger partial charge is 0.457 e. The van der Waals surface area contributed by atoms with Crippen LogP contribution in [0, 0.1) is 11.7 Å². The van der Waals surface area contributed by atoms with Gasteiger partial charge in [-0.3, -0.25) is 4.79 Å². The van der Waals surface area contributed by atoms with Crippen LogP contribution < -0.4 is 15.8 Å². The SMILES string of the molecule is CC(C)(C)OC(=O)N1CCC(C2CCNc3c2nn(-c2ccc(Oc4ccccc4)cc2F)c3C(N)=O)CC1. The van der Waals surface area contributed by atoms with Crippen molar-refractivity contribution in [3.63, 3.8) is 0 Å². The highest BCUT2D eigenvalue weighted by Crippen LogP contribution is 2.42. The number of hydrogen-bond acceptors (Lipinski definition) is 6. The monoisotopic (exact) mass is 535 g/mol. The van der Waals surface area contributed by atoms with Crippen molar-refractivity contribution in [1.29, 1.82) is 0 Å². The Kier molecular flexibility index (Phi) is 7.20. The normalized spacial score (nSPS) is 17.7. The van der Waals surface area contributed by atoms with Gasteiger partial charge in [-0.2, -0.15) is 5.10 Å². The first-order valence-corrected chi connectivity index (χ1v) is 13.3. The lowest BCUT2D eigenvalue weighted by atomic mass is 9.78. The van der Waals surface area contributed by atoms with Crippen molar-refractivity contribution >= 4 is 17.7 Å². The number of likely N-dealkylation sites (tertiary alicyclic amines) is 1. The van der Waals surface area contributed by atoms with Crippen molar-refractivity contribution in [2.75, 3.05) is 25.0 Å². The molecular weight excluding hydrogens is 501 g/mol. The number of hydrogen-bond donors (Lipinski definition) is 2. The first-order valence-electron chi connectivity index (χ1n) is 13.3. The zero-order valence-corrected chi connectivity index (χ0v) is 22.4. The summed E-state index contributed by atoms with van der Waals surface area (Å²) in [5, 5.41) is 8.02. The number of nitrogens with two attached hydrogens (primary N) is 1. The Balaban J connectivity index is 1.39. The molecule has 39 heavy (non-hydrogen) atoms. The Hall–Kier alpha value is -4.08. The average molecular weight is 536 g/mol. The van der Waals surface area contributed by atoms with Gasteiger partial charge >= 0.3 is 6.09 Å². The Bertz CT molecular complexity index is 1360. The van der Waals surface area contributed by atoms with E-state index >= 15 is 4.39 Å². The number of para-hydroxylation sites is 1. The number of rotatable bonds is 5. The molecule has 0 aliphatic carbocycles. The Morgan fingerprint density at radius 3 is 2.41 bits per heavy atom. The zero-order chi connectivity index (χ0) is 27.7. The smallest absolute Gasteiger partial charge is 0.410 e. The molecule has 2 aliphatic rings. The maximum atomic E-state index is 15.4. The van der Waals surface area contributed by atoms with Gasteiger partial charge in [0.25, 0.3) is 5.91 Å². The van der Waals surface area contributed by atoms with Gasteiger partial charge in [0.05, 0.1) is 11.4 Å². The second kappa shape index (κ2) is 10.6. The van der Waals surface area contributed by atoms with Crippen LogP contribution in [0.2, 0.25) is 0 Å². The van der Waals surface area contributed by atoms with Crippen LogP contribution in [0.4, 0.5) is 14.9 Å². The lowest BCUT2D eigenvalue weighted by Gasteiger charge is -2.37. The summed E-state index contributed by atoms with van der Waals surface area (Å²) in [4.78, 5) is 26.8. The molecule has 1 unspecified atom stereocenters. The number of carbonyl (C=O) groups excluding carboxylic acids is 2. The third kappa shape index (κ3) is 5.69. The molecule has 10 heteroatoms. The second-order valence-electron chi connectivity index (χ2n) is 11.0. The summed E-state index contributed by atoms with van der Waals surface area (Å²) in [7, 11) is 0. The lowest BCUT2D eigenvalue weighted by molar-refractivity contribution is 0.0172. The summed E-state index contributed by atoms with van der Waals surface area (Å²) in [6.45, 7) is 7.37. The third-order valence-electron chi connectivity index (χ3n) is 7.14. The fraction of sp³-hybridized carbons (Fsp3) is 0.414. The molecular formula is C29H34FN5O4. The van der Waals surface area contributed by atoms with Crippen molar-refractivity contribution in [3.8, 4) is 17.2 Å². The molecule has 1 saturated heterocycles. The van der Waals surface area contributed by atoms with Gasteiger partial charge in [-0.15, -0.1) is 0 Å². The number of ether oxygens (including phenoxy) is 2. The number of amides is 2. The summed E-state index contributed by atoms with van der Waals surface area (Å²) in [6, 6.07) is 13.5. The van der Waals surface area contributed by atoms with Crippen LogP contribution in [-0.4, -0.2) is 51.9 Å². The number of halogens is 1. The van der Waals surface area contributed by atoms with E-state index in [0.29, 0.717) is 42.5 Å². The fourth-order valence-electron chi connectivity index (χ4n) is 5.38. The molecule has 9 nitrogen and oxygen atoms in total. The highest BCUT2D eigenvalue weighted by atomic mass is 19.1. The average Bonchev–Trinajstić information content (AvgIpc) is 3.28. The van der Waals surface area contributed by atoms with E-state index in [9.17, 15) is 9.59 Å². The van der Waals surface area contributed by atoms with Crippen LogP contribution in [0.5, 0.6) is 11.5 Å². The molecule has 0 spiro atoms. The zero-order valence-electron chi connectivity index (χ0n) is 22.4. The number of carbonyl (C=O) groups is 2. The summed E-state index contributed by atoms with van der Waals surface area (Å²) in [5.74, 6) is -0.0755. The number of anilines is 1. The molecule has 1 aromatic heterocycles. The molecule has 206 valence electrons. The van der Waals surface area contributed by atoms with Gasteiger partial charge in [-0.25, -0.2) is 13.9 Å². The quantitative estimate of drug-likeness (QED) is 0.450. The first kappa shape index (κ1) is 26.5. The molecule has 5 rings (SSSR count). The number of nitrogens with one attached hydrogen (secondary N) is 1. The molecule has 3 N–H and O–H groups in total. The van der Waals surface area contributed by atoms with Gasteiger partial charge in [0.1, 0.15) is 22.8 Å². The Labute approximate surface area is 227 Å². The van der Waals surface area contributed by atoms with E-state index in [1.54, 1.807) is 23.1 Å². The summed E-state index contributed by atoms with van der Waals surface area (Å²) >= 11 is 0. The molecule has 0 bridgehead atoms. The van der Waals surface area contributed by atoms with Gasteiger partial charge in [-0.1, -0.05) is 18.2 Å². The predicted molar refractivity (Wildman–Crippen MR) is 145 cm³/mol. The number of aromatic nitrogens is 2. The molecule has 2 aliphatic heterocycles. The minimum absolute atomic E-state index is 0.0464.